The molecule has 0 bridgehead atoms. The third-order valence-electron chi connectivity index (χ3n) is 7.31. The SMILES string of the molecule is CC(C)(COP(=O)(O)OP(=O)(O)OC[C@H]1O[C@@H](n2cnc3c(N)ncnc32)[C@H](O)[C@@H]1OP(=O)(O)O)[C@@H](O)C(=O)NCCC(=O)NCCSC(=O)CCC(=O)O.[Na]. The van der Waals surface area contributed by atoms with Gasteiger partial charge in [-0.2, -0.15) is 4.31 Å². The molecule has 26 nitrogen and oxygen atoms in total. The van der Waals surface area contributed by atoms with Gasteiger partial charge in [-0.1, -0.05) is 25.6 Å². The number of aliphatic carboxylic acids is 1. The third-order valence-corrected chi connectivity index (χ3v) is 11.3. The number of ether oxygens (including phenoxy) is 1. The minimum absolute atomic E-state index is 0. The zero-order valence-electron chi connectivity index (χ0n) is 29.8. The number of fused-ring (bicyclic) bond motifs is 1. The molecule has 2 amide bonds. The first-order valence-electron chi connectivity index (χ1n) is 15.7. The number of carboxylic acid groups (broad SMARTS) is 1. The van der Waals surface area contributed by atoms with Gasteiger partial charge in [-0.15, -0.1) is 0 Å². The topological polar surface area (TPSA) is 401 Å². The molecule has 0 spiro atoms. The number of aliphatic hydroxyl groups excluding tert-OH is 2. The smallest absolute Gasteiger partial charge is 0.481 e. The number of nitrogens with two attached hydrogens (primary N) is 1. The maximum Gasteiger partial charge on any atom is 0.481 e. The molecule has 2 aromatic rings. The van der Waals surface area contributed by atoms with Crippen LogP contribution in [0.1, 0.15) is 39.3 Å². The standard InChI is InChI=1S/C25H40N7O19P3S.Na/c1-25(2,20(38)23(39)28-6-5-14(33)27-7-8-55-16(36)4-3-15(34)35)10-48-54(45,46)51-53(43,44)47-9-13-19(50-52(40,41)42)18(37)24(49-13)32-12-31-17-21(26)29-11-30-22(17)32;/h11-13,18-20,24,37-38H,3-10H2,1-2H3,(H,27,33)(H,28,39)(H,34,35)(H,43,44)(H,45,46)(H2,26,29,30)(H2,40,41,42);/t13-,18-,19-,20+,24-;/m1./s1. The van der Waals surface area contributed by atoms with Crippen LogP contribution in [0.25, 0.3) is 11.2 Å². The fraction of sp³-hybridized carbons (Fsp3) is 0.640. The van der Waals surface area contributed by atoms with Gasteiger partial charge in [0.1, 0.15) is 36.3 Å². The van der Waals surface area contributed by atoms with Crippen LogP contribution in [-0.2, 0) is 55.5 Å². The molecule has 2 unspecified atom stereocenters. The first-order valence-corrected chi connectivity index (χ1v) is 21.2. The van der Waals surface area contributed by atoms with E-state index in [0.717, 1.165) is 29.0 Å². The number of hydrogen-bond acceptors (Lipinski definition) is 19. The third kappa shape index (κ3) is 15.7. The van der Waals surface area contributed by atoms with Crippen molar-refractivity contribution in [2.24, 2.45) is 5.41 Å². The fourth-order valence-electron chi connectivity index (χ4n) is 4.58. The summed E-state index contributed by atoms with van der Waals surface area (Å²) in [5.74, 6) is -2.51. The van der Waals surface area contributed by atoms with Crippen LogP contribution >= 0.6 is 35.2 Å². The van der Waals surface area contributed by atoms with Crippen molar-refractivity contribution in [1.82, 2.24) is 30.2 Å². The number of rotatable bonds is 22. The molecule has 311 valence electrons. The van der Waals surface area contributed by atoms with Gasteiger partial charge in [0, 0.05) is 66.7 Å². The largest absolute Gasteiger partial charge is 0.481 e. The van der Waals surface area contributed by atoms with Gasteiger partial charge < -0.3 is 56.0 Å². The Bertz CT molecular complexity index is 1850. The van der Waals surface area contributed by atoms with Gasteiger partial charge in [-0.05, 0) is 0 Å². The van der Waals surface area contributed by atoms with Gasteiger partial charge in [0.25, 0.3) is 0 Å². The second kappa shape index (κ2) is 21.3. The minimum Gasteiger partial charge on any atom is -0.481 e. The Morgan fingerprint density at radius 1 is 1.02 bits per heavy atom. The number of imidazole rings is 1. The fourth-order valence-corrected chi connectivity index (χ4v) is 8.08. The number of nitrogen functional groups attached to an aromatic ring is 1. The number of carboxylic acids is 1. The van der Waals surface area contributed by atoms with Crippen LogP contribution in [0.4, 0.5) is 5.82 Å². The number of hydrogen-bond donors (Lipinski definition) is 10. The van der Waals surface area contributed by atoms with E-state index >= 15 is 0 Å². The number of carbonyl (C=O) groups excluding carboxylic acids is 3. The van der Waals surface area contributed by atoms with E-state index in [-0.39, 0.29) is 89.8 Å². The number of aliphatic hydroxyl groups is 2. The van der Waals surface area contributed by atoms with Crippen molar-refractivity contribution in [2.45, 2.75) is 63.8 Å². The normalized spacial score (nSPS) is 21.4. The molecule has 1 fully saturated rings. The number of phosphoric ester groups is 3. The maximum absolute atomic E-state index is 12.6. The molecule has 3 rings (SSSR count). The van der Waals surface area contributed by atoms with Crippen LogP contribution in [0.3, 0.4) is 0 Å². The second-order valence-electron chi connectivity index (χ2n) is 12.2. The van der Waals surface area contributed by atoms with Crippen molar-refractivity contribution < 1.29 is 90.4 Å². The number of aromatic nitrogens is 4. The van der Waals surface area contributed by atoms with Crippen LogP contribution < -0.4 is 16.4 Å². The van der Waals surface area contributed by atoms with Gasteiger partial charge in [-0.3, -0.25) is 37.3 Å². The van der Waals surface area contributed by atoms with E-state index in [1.54, 1.807) is 0 Å². The van der Waals surface area contributed by atoms with Crippen LogP contribution in [0.15, 0.2) is 12.7 Å². The zero-order chi connectivity index (χ0) is 41.4. The molecule has 0 aliphatic carbocycles. The summed E-state index contributed by atoms with van der Waals surface area (Å²) >= 11 is 0.849. The van der Waals surface area contributed by atoms with E-state index in [2.05, 4.69) is 34.4 Å². The molecular formula is C25H40N7NaO19P3S. The predicted octanol–water partition coefficient (Wildman–Crippen LogP) is -1.85. The second-order valence-corrected chi connectivity index (χ2v) is 17.6. The van der Waals surface area contributed by atoms with Gasteiger partial charge in [0.05, 0.1) is 26.0 Å². The summed E-state index contributed by atoms with van der Waals surface area (Å²) in [5, 5.41) is 34.4. The number of nitrogens with one attached hydrogen (secondary N) is 2. The van der Waals surface area contributed by atoms with Crippen molar-refractivity contribution in [3.8, 4) is 0 Å². The van der Waals surface area contributed by atoms with Crippen LogP contribution in [0.2, 0.25) is 0 Å². The number of carbonyl (C=O) groups is 4. The quantitative estimate of drug-likeness (QED) is 0.0352. The summed E-state index contributed by atoms with van der Waals surface area (Å²) in [6, 6.07) is 0. The molecule has 56 heavy (non-hydrogen) atoms. The van der Waals surface area contributed by atoms with E-state index in [4.69, 9.17) is 24.6 Å². The molecule has 2 aromatic heterocycles. The molecule has 31 heteroatoms. The average molecular weight is 891 g/mol. The van der Waals surface area contributed by atoms with Gasteiger partial charge >= 0.3 is 29.4 Å². The summed E-state index contributed by atoms with van der Waals surface area (Å²) < 4.78 is 61.9. The van der Waals surface area contributed by atoms with Crippen molar-refractivity contribution in [3.63, 3.8) is 0 Å². The molecule has 7 atom stereocenters. The summed E-state index contributed by atoms with van der Waals surface area (Å²) in [5.41, 5.74) is 4.20. The van der Waals surface area contributed by atoms with Gasteiger partial charge in [-0.25, -0.2) is 28.6 Å². The van der Waals surface area contributed by atoms with Gasteiger partial charge in [0.2, 0.25) is 11.8 Å². The molecule has 1 aliphatic rings. The number of nitrogens with zero attached hydrogens (tertiary/aromatic N) is 4. The monoisotopic (exact) mass is 890 g/mol. The molecule has 1 saturated heterocycles. The number of thioether (sulfide) groups is 1. The molecular weight excluding hydrogens is 850 g/mol. The molecule has 3 heterocycles. The predicted molar refractivity (Wildman–Crippen MR) is 190 cm³/mol. The van der Waals surface area contributed by atoms with E-state index in [0.29, 0.717) is 0 Å². The van der Waals surface area contributed by atoms with Crippen LogP contribution in [0.5, 0.6) is 0 Å². The Morgan fingerprint density at radius 3 is 2.32 bits per heavy atom. The molecule has 0 saturated carbocycles. The Labute approximate surface area is 343 Å². The Hall–Kier alpha value is -1.97. The number of phosphoric acid groups is 3. The van der Waals surface area contributed by atoms with E-state index in [1.807, 2.05) is 0 Å². The molecule has 1 aliphatic heterocycles. The molecule has 1 radical (unpaired) electrons. The van der Waals surface area contributed by atoms with Crippen molar-refractivity contribution in [2.75, 3.05) is 37.8 Å². The van der Waals surface area contributed by atoms with Crippen LogP contribution in [-0.4, -0.2) is 163 Å². The van der Waals surface area contributed by atoms with Crippen molar-refractivity contribution in [1.29, 1.82) is 0 Å². The summed E-state index contributed by atoms with van der Waals surface area (Å²) in [4.78, 5) is 97.3. The molecule has 11 N–H and O–H groups in total. The first-order chi connectivity index (χ1) is 25.4. The van der Waals surface area contributed by atoms with Crippen molar-refractivity contribution in [3.05, 3.63) is 12.7 Å². The Morgan fingerprint density at radius 2 is 1.68 bits per heavy atom. The number of amides is 2. The summed E-state index contributed by atoms with van der Waals surface area (Å²) in [6.45, 7) is 0.213. The molecule has 0 aromatic carbocycles. The van der Waals surface area contributed by atoms with E-state index in [9.17, 15) is 62.7 Å². The van der Waals surface area contributed by atoms with Crippen LogP contribution in [0, 0.1) is 5.41 Å². The average Bonchev–Trinajstić information content (AvgIpc) is 3.63. The minimum atomic E-state index is -5.59. The Kier molecular flexibility index (Phi) is 19.1. The zero-order valence-corrected chi connectivity index (χ0v) is 35.3. The number of anilines is 1. The van der Waals surface area contributed by atoms with E-state index in [1.165, 1.54) is 13.8 Å². The summed E-state index contributed by atoms with van der Waals surface area (Å²) in [7, 11) is -16.4. The van der Waals surface area contributed by atoms with Crippen molar-refractivity contribution >= 4 is 105 Å². The van der Waals surface area contributed by atoms with E-state index < -0.39 is 90.5 Å². The summed E-state index contributed by atoms with van der Waals surface area (Å²) in [6.07, 6.45) is -7.55. The van der Waals surface area contributed by atoms with Gasteiger partial charge in [0.15, 0.2) is 22.8 Å². The Balaban J connectivity index is 0.0000108. The maximum atomic E-state index is 12.6. The first kappa shape index (κ1) is 50.2.